The summed E-state index contributed by atoms with van der Waals surface area (Å²) >= 11 is 0. The SMILES string of the molecule is O=C(COc1ccccc1N1C(=O)[C@H]2[C@@H]3CC[C@@H](C3)[C@@H]2C1=O)c1ccc(F)cc1. The first kappa shape index (κ1) is 18.0. The first-order valence-electron chi connectivity index (χ1n) is 9.93. The maximum absolute atomic E-state index is 13.1. The minimum Gasteiger partial charge on any atom is -0.483 e. The van der Waals surface area contributed by atoms with Crippen LogP contribution in [0.5, 0.6) is 5.75 Å². The van der Waals surface area contributed by atoms with Gasteiger partial charge in [0.1, 0.15) is 11.6 Å². The number of imide groups is 1. The summed E-state index contributed by atoms with van der Waals surface area (Å²) in [6.07, 6.45) is 3.01. The second-order valence-corrected chi connectivity index (χ2v) is 8.08. The van der Waals surface area contributed by atoms with Crippen LogP contribution >= 0.6 is 0 Å². The van der Waals surface area contributed by atoms with E-state index in [4.69, 9.17) is 4.74 Å². The Bertz CT molecular complexity index is 974. The molecule has 6 heteroatoms. The van der Waals surface area contributed by atoms with Crippen LogP contribution in [-0.2, 0) is 9.59 Å². The number of amides is 2. The van der Waals surface area contributed by atoms with Gasteiger partial charge in [0.15, 0.2) is 12.4 Å². The molecule has 0 radical (unpaired) electrons. The molecule has 0 unspecified atom stereocenters. The lowest BCUT2D eigenvalue weighted by atomic mass is 9.81. The number of para-hydroxylation sites is 2. The molecular formula is C23H20FNO4. The minimum atomic E-state index is -0.418. The van der Waals surface area contributed by atoms with Crippen molar-refractivity contribution in [2.24, 2.45) is 23.7 Å². The summed E-state index contributed by atoms with van der Waals surface area (Å²) in [5, 5.41) is 0. The van der Waals surface area contributed by atoms with Gasteiger partial charge in [-0.15, -0.1) is 0 Å². The van der Waals surface area contributed by atoms with Crippen LogP contribution in [0.3, 0.4) is 0 Å². The van der Waals surface area contributed by atoms with Crippen LogP contribution in [0.25, 0.3) is 0 Å². The molecule has 29 heavy (non-hydrogen) atoms. The molecule has 3 fully saturated rings. The summed E-state index contributed by atoms with van der Waals surface area (Å²) in [4.78, 5) is 39.8. The molecule has 5 rings (SSSR count). The maximum Gasteiger partial charge on any atom is 0.238 e. The molecule has 0 N–H and O–H groups in total. The van der Waals surface area contributed by atoms with Crippen LogP contribution in [0.15, 0.2) is 48.5 Å². The van der Waals surface area contributed by atoms with Crippen molar-refractivity contribution in [1.29, 1.82) is 0 Å². The fraction of sp³-hybridized carbons (Fsp3) is 0.348. The predicted octanol–water partition coefficient (Wildman–Crippen LogP) is 3.62. The van der Waals surface area contributed by atoms with Crippen LogP contribution in [0.4, 0.5) is 10.1 Å². The predicted molar refractivity (Wildman–Crippen MR) is 103 cm³/mol. The summed E-state index contributed by atoms with van der Waals surface area (Å²) in [5.41, 5.74) is 0.728. The molecule has 3 aliphatic rings. The number of halogens is 1. The highest BCUT2D eigenvalue weighted by Crippen LogP contribution is 2.57. The van der Waals surface area contributed by atoms with E-state index >= 15 is 0 Å². The summed E-state index contributed by atoms with van der Waals surface area (Å²) in [5.74, 6) is -0.519. The lowest BCUT2D eigenvalue weighted by Crippen LogP contribution is -2.33. The number of rotatable bonds is 5. The van der Waals surface area contributed by atoms with E-state index in [9.17, 15) is 18.8 Å². The summed E-state index contributed by atoms with van der Waals surface area (Å²) in [6.45, 7) is -0.267. The Morgan fingerprint density at radius 1 is 0.966 bits per heavy atom. The second-order valence-electron chi connectivity index (χ2n) is 8.08. The molecule has 2 saturated carbocycles. The van der Waals surface area contributed by atoms with Crippen molar-refractivity contribution in [2.75, 3.05) is 11.5 Å². The first-order chi connectivity index (χ1) is 14.0. The molecule has 1 saturated heterocycles. The Morgan fingerprint density at radius 3 is 2.24 bits per heavy atom. The van der Waals surface area contributed by atoms with Gasteiger partial charge in [0, 0.05) is 5.56 Å². The molecule has 4 atom stereocenters. The first-order valence-corrected chi connectivity index (χ1v) is 9.93. The average Bonchev–Trinajstić information content (AvgIpc) is 3.41. The van der Waals surface area contributed by atoms with E-state index in [2.05, 4.69) is 0 Å². The Kier molecular flexibility index (Phi) is 4.23. The molecule has 2 aromatic rings. The number of carbonyl (C=O) groups excluding carboxylic acids is 3. The van der Waals surface area contributed by atoms with E-state index in [1.54, 1.807) is 24.3 Å². The van der Waals surface area contributed by atoms with Gasteiger partial charge in [-0.05, 0) is 67.5 Å². The topological polar surface area (TPSA) is 63.7 Å². The highest BCUT2D eigenvalue weighted by atomic mass is 19.1. The molecule has 2 amide bonds. The van der Waals surface area contributed by atoms with Crippen molar-refractivity contribution >= 4 is 23.3 Å². The Morgan fingerprint density at radius 2 is 1.59 bits per heavy atom. The van der Waals surface area contributed by atoms with Gasteiger partial charge >= 0.3 is 0 Å². The Labute approximate surface area is 167 Å². The van der Waals surface area contributed by atoms with Crippen LogP contribution < -0.4 is 9.64 Å². The molecule has 5 nitrogen and oxygen atoms in total. The molecular weight excluding hydrogens is 373 g/mol. The van der Waals surface area contributed by atoms with Gasteiger partial charge in [-0.2, -0.15) is 0 Å². The van der Waals surface area contributed by atoms with Crippen molar-refractivity contribution in [1.82, 2.24) is 0 Å². The lowest BCUT2D eigenvalue weighted by molar-refractivity contribution is -0.123. The number of carbonyl (C=O) groups is 3. The molecule has 0 spiro atoms. The lowest BCUT2D eigenvalue weighted by Gasteiger charge is -2.20. The molecule has 2 aromatic carbocycles. The van der Waals surface area contributed by atoms with Gasteiger partial charge in [-0.25, -0.2) is 9.29 Å². The van der Waals surface area contributed by atoms with E-state index in [1.807, 2.05) is 0 Å². The number of ether oxygens (including phenoxy) is 1. The van der Waals surface area contributed by atoms with E-state index in [-0.39, 0.29) is 36.0 Å². The van der Waals surface area contributed by atoms with Gasteiger partial charge in [0.05, 0.1) is 17.5 Å². The van der Waals surface area contributed by atoms with E-state index < -0.39 is 5.82 Å². The molecule has 1 heterocycles. The van der Waals surface area contributed by atoms with Crippen molar-refractivity contribution in [2.45, 2.75) is 19.3 Å². The summed E-state index contributed by atoms with van der Waals surface area (Å²) in [7, 11) is 0. The van der Waals surface area contributed by atoms with Crippen LogP contribution in [0.2, 0.25) is 0 Å². The minimum absolute atomic E-state index is 0.145. The highest BCUT2D eigenvalue weighted by Gasteiger charge is 2.61. The van der Waals surface area contributed by atoms with Crippen molar-refractivity contribution in [3.05, 3.63) is 59.9 Å². The number of ketones is 1. The number of hydrogen-bond donors (Lipinski definition) is 0. The number of nitrogens with zero attached hydrogens (tertiary/aromatic N) is 1. The summed E-state index contributed by atoms with van der Waals surface area (Å²) < 4.78 is 18.7. The third-order valence-electron chi connectivity index (χ3n) is 6.56. The van der Waals surface area contributed by atoms with Crippen LogP contribution in [0, 0.1) is 29.5 Å². The maximum atomic E-state index is 13.1. The zero-order valence-corrected chi connectivity index (χ0v) is 15.7. The van der Waals surface area contributed by atoms with Gasteiger partial charge in [-0.1, -0.05) is 12.1 Å². The number of benzene rings is 2. The van der Waals surface area contributed by atoms with Crippen LogP contribution in [0.1, 0.15) is 29.6 Å². The van der Waals surface area contributed by atoms with Gasteiger partial charge < -0.3 is 4.74 Å². The summed E-state index contributed by atoms with van der Waals surface area (Å²) in [6, 6.07) is 12.0. The Balaban J connectivity index is 1.37. The third kappa shape index (κ3) is 2.85. The van der Waals surface area contributed by atoms with E-state index in [1.165, 1.54) is 29.2 Å². The third-order valence-corrected chi connectivity index (χ3v) is 6.56. The monoisotopic (exact) mass is 393 g/mol. The van der Waals surface area contributed by atoms with Gasteiger partial charge in [-0.3, -0.25) is 14.4 Å². The highest BCUT2D eigenvalue weighted by molar-refractivity contribution is 6.23. The number of hydrogen-bond acceptors (Lipinski definition) is 4. The fourth-order valence-corrected chi connectivity index (χ4v) is 5.27. The Hall–Kier alpha value is -3.02. The van der Waals surface area contributed by atoms with Crippen molar-refractivity contribution in [3.63, 3.8) is 0 Å². The molecule has 2 aliphatic carbocycles. The van der Waals surface area contributed by atoms with Crippen LogP contribution in [-0.4, -0.2) is 24.2 Å². The number of anilines is 1. The largest absolute Gasteiger partial charge is 0.483 e. The van der Waals surface area contributed by atoms with Crippen molar-refractivity contribution in [3.8, 4) is 5.75 Å². The molecule has 1 aliphatic heterocycles. The number of fused-ring (bicyclic) bond motifs is 5. The standard InChI is InChI=1S/C23H20FNO4/c24-16-9-7-13(8-10-16)18(26)12-29-19-4-2-1-3-17(19)25-22(27)20-14-5-6-15(11-14)21(20)23(25)28/h1-4,7-10,14-15,20-21H,5-6,11-12H2/t14-,15+,20-,21-/m0/s1. The number of Topliss-reactive ketones (excluding diaryl/α,β-unsaturated/α-hetero) is 1. The van der Waals surface area contributed by atoms with E-state index in [0.717, 1.165) is 19.3 Å². The zero-order valence-electron chi connectivity index (χ0n) is 15.7. The molecule has 148 valence electrons. The van der Waals surface area contributed by atoms with E-state index in [0.29, 0.717) is 28.8 Å². The smallest absolute Gasteiger partial charge is 0.238 e. The molecule has 2 bridgehead atoms. The fourth-order valence-electron chi connectivity index (χ4n) is 5.27. The van der Waals surface area contributed by atoms with Gasteiger partial charge in [0.2, 0.25) is 11.8 Å². The second kappa shape index (κ2) is 6.79. The normalized spacial score (nSPS) is 27.4. The quantitative estimate of drug-likeness (QED) is 0.575. The zero-order chi connectivity index (χ0) is 20.1. The molecule has 0 aromatic heterocycles. The van der Waals surface area contributed by atoms with Gasteiger partial charge in [0.25, 0.3) is 0 Å². The average molecular weight is 393 g/mol. The van der Waals surface area contributed by atoms with Crippen molar-refractivity contribution < 1.29 is 23.5 Å².